The molecule has 1 aliphatic rings. The van der Waals surface area contributed by atoms with Crippen LogP contribution in [0.4, 0.5) is 10.1 Å². The van der Waals surface area contributed by atoms with E-state index in [0.29, 0.717) is 5.56 Å². The molecule has 7 nitrogen and oxygen atoms in total. The molecule has 1 fully saturated rings. The van der Waals surface area contributed by atoms with E-state index in [2.05, 4.69) is 5.32 Å². The summed E-state index contributed by atoms with van der Waals surface area (Å²) in [5, 5.41) is 3.36. The minimum absolute atomic E-state index is 0.0147. The average Bonchev–Trinajstić information content (AvgIpc) is 3.45. The monoisotopic (exact) mass is 619 g/mol. The number of rotatable bonds is 10. The van der Waals surface area contributed by atoms with Gasteiger partial charge in [-0.15, -0.1) is 0 Å². The number of benzene rings is 3. The maximum absolute atomic E-state index is 14.0. The number of sulfonamides is 1. The zero-order valence-corrected chi connectivity index (χ0v) is 25.1. The van der Waals surface area contributed by atoms with Gasteiger partial charge in [-0.3, -0.25) is 13.9 Å². The van der Waals surface area contributed by atoms with Gasteiger partial charge in [0.25, 0.3) is 10.0 Å². The Hall–Kier alpha value is -3.14. The fraction of sp³-hybridized carbons (Fsp3) is 0.333. The molecular weight excluding hydrogens is 588 g/mol. The third-order valence-corrected chi connectivity index (χ3v) is 9.74. The summed E-state index contributed by atoms with van der Waals surface area (Å²) in [5.41, 5.74) is 1.59. The van der Waals surface area contributed by atoms with E-state index in [1.165, 1.54) is 59.5 Å². The van der Waals surface area contributed by atoms with Crippen LogP contribution in [-0.4, -0.2) is 43.8 Å². The van der Waals surface area contributed by atoms with Gasteiger partial charge >= 0.3 is 0 Å². The summed E-state index contributed by atoms with van der Waals surface area (Å²) >= 11 is 12.3. The predicted molar refractivity (Wildman–Crippen MR) is 159 cm³/mol. The smallest absolute Gasteiger partial charge is 0.264 e. The van der Waals surface area contributed by atoms with Crippen molar-refractivity contribution in [1.29, 1.82) is 0 Å². The van der Waals surface area contributed by atoms with Crippen LogP contribution in [0.15, 0.2) is 71.6 Å². The first-order valence-corrected chi connectivity index (χ1v) is 15.5. The minimum Gasteiger partial charge on any atom is -0.352 e. The average molecular weight is 621 g/mol. The molecule has 0 saturated heterocycles. The fourth-order valence-corrected chi connectivity index (χ4v) is 6.47. The molecule has 3 aromatic rings. The third kappa shape index (κ3) is 7.58. The summed E-state index contributed by atoms with van der Waals surface area (Å²) in [6, 6.07) is 15.3. The Morgan fingerprint density at radius 2 is 1.61 bits per heavy atom. The Morgan fingerprint density at radius 1 is 0.976 bits per heavy atom. The van der Waals surface area contributed by atoms with Crippen molar-refractivity contribution in [2.45, 2.75) is 63.1 Å². The lowest BCUT2D eigenvalue weighted by molar-refractivity contribution is -0.139. The molecule has 1 aliphatic carbocycles. The second-order valence-corrected chi connectivity index (χ2v) is 12.9. The van der Waals surface area contributed by atoms with Gasteiger partial charge < -0.3 is 10.2 Å². The molecule has 3 aromatic carbocycles. The van der Waals surface area contributed by atoms with Gasteiger partial charge in [-0.05, 0) is 74.7 Å². The molecule has 0 unspecified atom stereocenters. The quantitative estimate of drug-likeness (QED) is 0.296. The normalized spacial score (nSPS) is 14.5. The van der Waals surface area contributed by atoms with E-state index in [0.717, 1.165) is 35.6 Å². The lowest BCUT2D eigenvalue weighted by Crippen LogP contribution is -2.52. The highest BCUT2D eigenvalue weighted by Gasteiger charge is 2.33. The van der Waals surface area contributed by atoms with Gasteiger partial charge in [0.2, 0.25) is 11.8 Å². The minimum atomic E-state index is -4.24. The molecule has 1 atom stereocenters. The van der Waals surface area contributed by atoms with E-state index in [-0.39, 0.29) is 39.1 Å². The molecule has 0 spiro atoms. The van der Waals surface area contributed by atoms with Crippen molar-refractivity contribution in [2.24, 2.45) is 0 Å². The van der Waals surface area contributed by atoms with Crippen LogP contribution >= 0.6 is 23.2 Å². The number of anilines is 1. The maximum atomic E-state index is 14.0. The Labute approximate surface area is 250 Å². The highest BCUT2D eigenvalue weighted by molar-refractivity contribution is 7.92. The Kier molecular flexibility index (Phi) is 9.94. The van der Waals surface area contributed by atoms with Crippen molar-refractivity contribution in [3.8, 4) is 0 Å². The zero-order valence-electron chi connectivity index (χ0n) is 22.8. The van der Waals surface area contributed by atoms with Gasteiger partial charge in [-0.2, -0.15) is 0 Å². The van der Waals surface area contributed by atoms with Crippen LogP contribution in [0, 0.1) is 12.7 Å². The summed E-state index contributed by atoms with van der Waals surface area (Å²) in [6.45, 7) is 2.79. The number of hydrogen-bond acceptors (Lipinski definition) is 4. The van der Waals surface area contributed by atoms with E-state index in [1.54, 1.807) is 19.1 Å². The van der Waals surface area contributed by atoms with Crippen molar-refractivity contribution in [3.05, 3.63) is 93.7 Å². The molecule has 1 saturated carbocycles. The van der Waals surface area contributed by atoms with Crippen molar-refractivity contribution < 1.29 is 22.4 Å². The molecule has 0 radical (unpaired) electrons. The number of carbonyl (C=O) groups excluding carboxylic acids is 2. The molecule has 218 valence electrons. The molecule has 41 heavy (non-hydrogen) atoms. The van der Waals surface area contributed by atoms with Gasteiger partial charge in [0.05, 0.1) is 20.6 Å². The Morgan fingerprint density at radius 3 is 2.22 bits per heavy atom. The summed E-state index contributed by atoms with van der Waals surface area (Å²) in [7, 11) is -4.24. The fourth-order valence-electron chi connectivity index (χ4n) is 4.77. The number of aryl methyl sites for hydroxylation is 1. The topological polar surface area (TPSA) is 86.8 Å². The molecule has 11 heteroatoms. The van der Waals surface area contributed by atoms with Crippen LogP contribution in [0.2, 0.25) is 10.0 Å². The maximum Gasteiger partial charge on any atom is 0.264 e. The van der Waals surface area contributed by atoms with Crippen LogP contribution in [-0.2, 0) is 26.2 Å². The van der Waals surface area contributed by atoms with Crippen molar-refractivity contribution in [3.63, 3.8) is 0 Å². The summed E-state index contributed by atoms with van der Waals surface area (Å²) in [4.78, 5) is 28.5. The molecule has 0 bridgehead atoms. The number of hydrogen-bond donors (Lipinski definition) is 1. The molecule has 0 aliphatic heterocycles. The Bertz CT molecular complexity index is 1500. The van der Waals surface area contributed by atoms with Gasteiger partial charge in [-0.1, -0.05) is 65.9 Å². The summed E-state index contributed by atoms with van der Waals surface area (Å²) in [6.07, 6.45) is 3.77. The first-order valence-electron chi connectivity index (χ1n) is 13.3. The first-order chi connectivity index (χ1) is 19.5. The number of amides is 2. The number of nitrogens with one attached hydrogen (secondary N) is 1. The lowest BCUT2D eigenvalue weighted by atomic mass is 10.1. The summed E-state index contributed by atoms with van der Waals surface area (Å²) in [5.74, 6) is -1.39. The predicted octanol–water partition coefficient (Wildman–Crippen LogP) is 6.11. The molecule has 4 rings (SSSR count). The SMILES string of the molecule is Cc1ccc(S(=O)(=O)N(CC(=O)N(Cc2ccc(F)cc2)[C@@H](C)C(=O)NC2CCCC2)c2ccc(Cl)c(Cl)c2)cc1. The molecule has 0 heterocycles. The van der Waals surface area contributed by atoms with Crippen molar-refractivity contribution in [1.82, 2.24) is 10.2 Å². The van der Waals surface area contributed by atoms with E-state index in [9.17, 15) is 22.4 Å². The van der Waals surface area contributed by atoms with E-state index in [4.69, 9.17) is 23.2 Å². The van der Waals surface area contributed by atoms with Gasteiger partial charge in [0, 0.05) is 12.6 Å². The van der Waals surface area contributed by atoms with Crippen molar-refractivity contribution >= 4 is 50.7 Å². The zero-order chi connectivity index (χ0) is 29.7. The van der Waals surface area contributed by atoms with E-state index < -0.39 is 34.3 Å². The molecule has 1 N–H and O–H groups in total. The second kappa shape index (κ2) is 13.2. The van der Waals surface area contributed by atoms with Gasteiger partial charge in [0.15, 0.2) is 0 Å². The highest BCUT2D eigenvalue weighted by atomic mass is 35.5. The first kappa shape index (κ1) is 30.8. The molecular formula is C30H32Cl2FN3O4S. The summed E-state index contributed by atoms with van der Waals surface area (Å²) < 4.78 is 42.3. The van der Waals surface area contributed by atoms with Crippen LogP contribution in [0.3, 0.4) is 0 Å². The third-order valence-electron chi connectivity index (χ3n) is 7.21. The van der Waals surface area contributed by atoms with Gasteiger partial charge in [-0.25, -0.2) is 12.8 Å². The number of carbonyl (C=O) groups is 2. The standard InChI is InChI=1S/C30H32Cl2FN3O4S/c1-20-7-14-26(15-8-20)41(39,40)36(25-13-16-27(31)28(32)17-25)19-29(37)35(18-22-9-11-23(33)12-10-22)21(2)30(38)34-24-5-3-4-6-24/h7-17,21,24H,3-6,18-19H2,1-2H3,(H,34,38)/t21-/m0/s1. The lowest BCUT2D eigenvalue weighted by Gasteiger charge is -2.32. The molecule has 2 amide bonds. The number of halogens is 3. The Balaban J connectivity index is 1.70. The second-order valence-electron chi connectivity index (χ2n) is 10.2. The van der Waals surface area contributed by atoms with Gasteiger partial charge in [0.1, 0.15) is 18.4 Å². The van der Waals surface area contributed by atoms with Crippen LogP contribution in [0.25, 0.3) is 0 Å². The highest BCUT2D eigenvalue weighted by Crippen LogP contribution is 2.31. The van der Waals surface area contributed by atoms with Crippen LogP contribution in [0.5, 0.6) is 0 Å². The van der Waals surface area contributed by atoms with E-state index in [1.807, 2.05) is 6.92 Å². The van der Waals surface area contributed by atoms with Crippen LogP contribution < -0.4 is 9.62 Å². The number of nitrogens with zero attached hydrogens (tertiary/aromatic N) is 2. The van der Waals surface area contributed by atoms with Crippen molar-refractivity contribution in [2.75, 3.05) is 10.8 Å². The van der Waals surface area contributed by atoms with Crippen LogP contribution in [0.1, 0.15) is 43.7 Å². The largest absolute Gasteiger partial charge is 0.352 e. The van der Waals surface area contributed by atoms with E-state index >= 15 is 0 Å². The molecule has 0 aromatic heterocycles.